The van der Waals surface area contributed by atoms with Crippen LogP contribution in [0.5, 0.6) is 0 Å². The van der Waals surface area contributed by atoms with Gasteiger partial charge in [0, 0.05) is 50.5 Å². The Labute approximate surface area is 167 Å². The number of aldehydes is 1. The van der Waals surface area contributed by atoms with E-state index in [1.165, 1.54) is 5.56 Å². The number of benzene rings is 1. The van der Waals surface area contributed by atoms with E-state index in [1.807, 2.05) is 18.2 Å². The molecule has 0 radical (unpaired) electrons. The molecule has 0 aliphatic rings. The molecule has 1 aromatic heterocycles. The van der Waals surface area contributed by atoms with Gasteiger partial charge < -0.3 is 20.8 Å². The van der Waals surface area contributed by atoms with Crippen molar-refractivity contribution < 1.29 is 25.2 Å². The van der Waals surface area contributed by atoms with Crippen molar-refractivity contribution in [1.82, 2.24) is 20.8 Å². The minimum atomic E-state index is 0. The smallest absolute Gasteiger partial charge is 0.167 e. The van der Waals surface area contributed by atoms with Crippen LogP contribution in [0.3, 0.4) is 0 Å². The first-order valence-corrected chi connectivity index (χ1v) is 7.96. The molecule has 0 spiro atoms. The second-order valence-electron chi connectivity index (χ2n) is 5.47. The monoisotopic (exact) mass is 442 g/mol. The Hall–Kier alpha value is -2.33. The average molecular weight is 443 g/mol. The molecule has 7 heteroatoms. The number of carbonyl (C=O) groups is 1. The predicted molar refractivity (Wildman–Crippen MR) is 101 cm³/mol. The Morgan fingerprint density at radius 3 is 2.77 bits per heavy atom. The zero-order valence-corrected chi connectivity index (χ0v) is 16.1. The predicted octanol–water partition coefficient (Wildman–Crippen LogP) is 2.32. The van der Waals surface area contributed by atoms with E-state index in [4.69, 9.17) is 0 Å². The number of carbonyl (C=O) groups excluding carboxylic acids is 1. The summed E-state index contributed by atoms with van der Waals surface area (Å²) in [4.78, 5) is 15.2. The minimum absolute atomic E-state index is 0. The summed E-state index contributed by atoms with van der Waals surface area (Å²) in [5.74, 6) is 0. The van der Waals surface area contributed by atoms with Crippen molar-refractivity contribution in [2.75, 3.05) is 13.2 Å². The van der Waals surface area contributed by atoms with Crippen LogP contribution < -0.4 is 15.7 Å². The molecule has 2 N–H and O–H groups in total. The maximum absolute atomic E-state index is 10.9. The van der Waals surface area contributed by atoms with Gasteiger partial charge in [0.25, 0.3) is 0 Å². The summed E-state index contributed by atoms with van der Waals surface area (Å²) < 4.78 is 0. The van der Waals surface area contributed by atoms with Crippen LogP contribution in [-0.2, 0) is 20.4 Å². The molecule has 0 bridgehead atoms. The van der Waals surface area contributed by atoms with Gasteiger partial charge in [-0.25, -0.2) is 0 Å². The van der Waals surface area contributed by atoms with E-state index in [1.54, 1.807) is 12.3 Å². The summed E-state index contributed by atoms with van der Waals surface area (Å²) in [6.45, 7) is 10.7. The fraction of sp³-hybridized carbons (Fsp3) is 0.211. The molecule has 2 aromatic rings. The molecule has 140 valence electrons. The Morgan fingerprint density at radius 1 is 1.38 bits per heavy atom. The molecule has 1 atom stereocenters. The second kappa shape index (κ2) is 11.3. The Morgan fingerprint density at radius 2 is 2.12 bits per heavy atom. The number of nitrogens with zero attached hydrogens (tertiary/aromatic N) is 3. The number of aliphatic imine (C=N–C) groups is 1. The van der Waals surface area contributed by atoms with E-state index in [2.05, 4.69) is 58.0 Å². The van der Waals surface area contributed by atoms with Crippen molar-refractivity contribution in [3.63, 3.8) is 0 Å². The minimum Gasteiger partial charge on any atom is -0.574 e. The Balaban J connectivity index is 0.00000338. The van der Waals surface area contributed by atoms with E-state index in [0.29, 0.717) is 30.8 Å². The number of hydrogen-bond acceptors (Lipinski definition) is 5. The van der Waals surface area contributed by atoms with E-state index in [0.717, 1.165) is 5.70 Å². The van der Waals surface area contributed by atoms with Gasteiger partial charge in [-0.05, 0) is 12.5 Å². The normalized spacial score (nSPS) is 11.6. The van der Waals surface area contributed by atoms with Gasteiger partial charge in [-0.1, -0.05) is 43.0 Å². The van der Waals surface area contributed by atoms with E-state index in [9.17, 15) is 4.79 Å². The quantitative estimate of drug-likeness (QED) is 0.335. The van der Waals surface area contributed by atoms with Gasteiger partial charge in [0.05, 0.1) is 5.69 Å². The second-order valence-corrected chi connectivity index (χ2v) is 5.47. The van der Waals surface area contributed by atoms with E-state index in [-0.39, 0.29) is 32.2 Å². The fourth-order valence-electron chi connectivity index (χ4n) is 2.21. The molecular weight excluding hydrogens is 421 g/mol. The topological polar surface area (TPSA) is 80.5 Å². The Kier molecular flexibility index (Phi) is 9.45. The molecule has 1 heterocycles. The number of rotatable bonds is 10. The van der Waals surface area contributed by atoms with Crippen LogP contribution in [0.4, 0.5) is 0 Å². The van der Waals surface area contributed by atoms with Crippen LogP contribution in [0, 0.1) is 0 Å². The third kappa shape index (κ3) is 6.19. The molecular formula is C19H22N5OPd-. The van der Waals surface area contributed by atoms with Gasteiger partial charge >= 0.3 is 0 Å². The van der Waals surface area contributed by atoms with Gasteiger partial charge in [-0.15, -0.1) is 12.3 Å². The first kappa shape index (κ1) is 21.7. The van der Waals surface area contributed by atoms with Crippen molar-refractivity contribution >= 4 is 18.6 Å². The molecule has 0 amide bonds. The summed E-state index contributed by atoms with van der Waals surface area (Å²) in [5.41, 5.74) is 3.44. The van der Waals surface area contributed by atoms with Crippen LogP contribution in [0.15, 0.2) is 54.2 Å². The Bertz CT molecular complexity index is 729. The van der Waals surface area contributed by atoms with Crippen LogP contribution >= 0.6 is 0 Å². The summed E-state index contributed by atoms with van der Waals surface area (Å²) in [7, 11) is 0. The first-order chi connectivity index (χ1) is 12.2. The maximum atomic E-state index is 10.9. The van der Waals surface area contributed by atoms with Crippen LogP contribution in [0.1, 0.15) is 40.3 Å². The van der Waals surface area contributed by atoms with Crippen molar-refractivity contribution in [2.45, 2.75) is 13.0 Å². The van der Waals surface area contributed by atoms with E-state index < -0.39 is 0 Å². The average Bonchev–Trinajstić information content (AvgIpc) is 3.05. The molecule has 0 aliphatic carbocycles. The maximum Gasteiger partial charge on any atom is 0.167 e. The summed E-state index contributed by atoms with van der Waals surface area (Å²) in [6.07, 6.45) is 3.77. The molecule has 0 aliphatic heterocycles. The molecule has 26 heavy (non-hydrogen) atoms. The largest absolute Gasteiger partial charge is 0.574 e. The summed E-state index contributed by atoms with van der Waals surface area (Å²) in [6, 6.07) is 10.4. The van der Waals surface area contributed by atoms with Crippen molar-refractivity contribution in [2.24, 2.45) is 4.99 Å². The third-order valence-corrected chi connectivity index (χ3v) is 3.68. The molecule has 1 unspecified atom stereocenters. The molecule has 0 fully saturated rings. The number of nitrogens with one attached hydrogen (secondary N) is 2. The van der Waals surface area contributed by atoms with Gasteiger partial charge in [-0.3, -0.25) is 9.79 Å². The molecule has 0 saturated carbocycles. The SMILES string of the molecule is C=Cc1[n-]nc(C=O)c1/C=N\CNC(=C)CNC(C)c1ccccc1.[Pd]. The van der Waals surface area contributed by atoms with Gasteiger partial charge in [0.1, 0.15) is 6.67 Å². The third-order valence-electron chi connectivity index (χ3n) is 3.68. The molecule has 6 nitrogen and oxygen atoms in total. The van der Waals surface area contributed by atoms with Crippen LogP contribution in [0.25, 0.3) is 6.08 Å². The van der Waals surface area contributed by atoms with Crippen molar-refractivity contribution in [3.8, 4) is 0 Å². The number of aromatic nitrogens is 2. The molecule has 1 aromatic carbocycles. The molecule has 2 rings (SSSR count). The number of hydrogen-bond donors (Lipinski definition) is 2. The zero-order valence-electron chi connectivity index (χ0n) is 14.6. The van der Waals surface area contributed by atoms with Crippen molar-refractivity contribution in [1.29, 1.82) is 0 Å². The van der Waals surface area contributed by atoms with E-state index >= 15 is 0 Å². The van der Waals surface area contributed by atoms with Gasteiger partial charge in [-0.2, -0.15) is 0 Å². The van der Waals surface area contributed by atoms with Gasteiger partial charge in [0.2, 0.25) is 0 Å². The van der Waals surface area contributed by atoms with Crippen molar-refractivity contribution in [3.05, 3.63) is 71.7 Å². The van der Waals surface area contributed by atoms with Crippen LogP contribution in [-0.4, -0.2) is 30.8 Å². The molecule has 0 saturated heterocycles. The standard InChI is InChI=1S/C19H23N5O.Pd/c1-4-18-17(19(12-25)24-23-18)11-20-13-22-14(2)10-21-15(3)16-8-6-5-7-9-16;/h4-9,11-12,15,21-22H,1-2,10,13H2,3H3,(H,20,23,24,25);/p-1. The summed E-state index contributed by atoms with van der Waals surface area (Å²) >= 11 is 0. The fourth-order valence-corrected chi connectivity index (χ4v) is 2.21. The van der Waals surface area contributed by atoms with Gasteiger partial charge in [0.15, 0.2) is 6.29 Å². The van der Waals surface area contributed by atoms with Crippen LogP contribution in [0.2, 0.25) is 0 Å². The summed E-state index contributed by atoms with van der Waals surface area (Å²) in [5, 5.41) is 14.1. The zero-order chi connectivity index (χ0) is 18.1. The first-order valence-electron chi connectivity index (χ1n) is 7.96.